The zero-order valence-electron chi connectivity index (χ0n) is 16.7. The molecule has 3 aromatic rings. The summed E-state index contributed by atoms with van der Waals surface area (Å²) in [6, 6.07) is 10.4. The Morgan fingerprint density at radius 2 is 2.14 bits per heavy atom. The van der Waals surface area contributed by atoms with Crippen LogP contribution in [0, 0.1) is 4.77 Å². The fourth-order valence-electron chi connectivity index (χ4n) is 3.87. The number of benzene rings is 1. The average Bonchev–Trinajstić information content (AvgIpc) is 3.31. The van der Waals surface area contributed by atoms with E-state index in [0.717, 1.165) is 42.1 Å². The monoisotopic (exact) mass is 448 g/mol. The summed E-state index contributed by atoms with van der Waals surface area (Å²) < 4.78 is 9.98. The van der Waals surface area contributed by atoms with Gasteiger partial charge in [0.2, 0.25) is 0 Å². The number of nitrogens with zero attached hydrogens (tertiary/aromatic N) is 4. The lowest BCUT2D eigenvalue weighted by molar-refractivity contribution is 0.144. The van der Waals surface area contributed by atoms with Crippen molar-refractivity contribution in [2.75, 3.05) is 20.3 Å². The third-order valence-electron chi connectivity index (χ3n) is 5.49. The molecular formula is C21H25ClN4OS2. The van der Waals surface area contributed by atoms with Gasteiger partial charge in [-0.1, -0.05) is 23.7 Å². The summed E-state index contributed by atoms with van der Waals surface area (Å²) in [7, 11) is 1.72. The predicted molar refractivity (Wildman–Crippen MR) is 121 cm³/mol. The van der Waals surface area contributed by atoms with Crippen molar-refractivity contribution in [3.8, 4) is 11.4 Å². The average molecular weight is 449 g/mol. The van der Waals surface area contributed by atoms with Crippen molar-refractivity contribution in [2.45, 2.75) is 39.0 Å². The summed E-state index contributed by atoms with van der Waals surface area (Å²) in [5, 5.41) is 7.78. The number of ether oxygens (including phenoxy) is 1. The van der Waals surface area contributed by atoms with Gasteiger partial charge in [-0.25, -0.2) is 4.68 Å². The molecule has 0 spiro atoms. The van der Waals surface area contributed by atoms with E-state index in [-0.39, 0.29) is 0 Å². The predicted octanol–water partition coefficient (Wildman–Crippen LogP) is 5.41. The number of hydrogen-bond donors (Lipinski definition) is 0. The third-order valence-corrected chi connectivity index (χ3v) is 7.24. The van der Waals surface area contributed by atoms with Gasteiger partial charge in [0.05, 0.1) is 11.7 Å². The summed E-state index contributed by atoms with van der Waals surface area (Å²) in [6.45, 7) is 5.37. The lowest BCUT2D eigenvalue weighted by Crippen LogP contribution is -2.35. The number of thiophene rings is 1. The van der Waals surface area contributed by atoms with Crippen molar-refractivity contribution in [2.24, 2.45) is 0 Å². The number of rotatable bonds is 7. The van der Waals surface area contributed by atoms with Gasteiger partial charge >= 0.3 is 0 Å². The molecule has 1 aliphatic heterocycles. The highest BCUT2D eigenvalue weighted by atomic mass is 35.5. The van der Waals surface area contributed by atoms with E-state index in [2.05, 4.69) is 27.8 Å². The fraction of sp³-hybridized carbons (Fsp3) is 0.429. The van der Waals surface area contributed by atoms with Crippen molar-refractivity contribution < 1.29 is 4.74 Å². The number of halogens is 1. The smallest absolute Gasteiger partial charge is 0.199 e. The molecule has 0 N–H and O–H groups in total. The summed E-state index contributed by atoms with van der Waals surface area (Å²) in [5.41, 5.74) is 2.34. The first-order valence-corrected chi connectivity index (χ1v) is 11.5. The summed E-state index contributed by atoms with van der Waals surface area (Å²) in [5.74, 6) is 0.817. The van der Waals surface area contributed by atoms with E-state index >= 15 is 0 Å². The molecule has 0 saturated carbocycles. The quantitative estimate of drug-likeness (QED) is 0.357. The zero-order chi connectivity index (χ0) is 20.4. The van der Waals surface area contributed by atoms with Crippen LogP contribution in [0.15, 0.2) is 35.7 Å². The highest BCUT2D eigenvalue weighted by Gasteiger charge is 2.26. The van der Waals surface area contributed by atoms with Crippen LogP contribution < -0.4 is 0 Å². The molecule has 1 unspecified atom stereocenters. The van der Waals surface area contributed by atoms with Crippen LogP contribution in [0.25, 0.3) is 11.4 Å². The molecule has 29 heavy (non-hydrogen) atoms. The summed E-state index contributed by atoms with van der Waals surface area (Å²) in [6.07, 6.45) is 1.95. The van der Waals surface area contributed by atoms with Crippen molar-refractivity contribution in [3.63, 3.8) is 0 Å². The van der Waals surface area contributed by atoms with Gasteiger partial charge in [-0.2, -0.15) is 5.10 Å². The molecule has 0 radical (unpaired) electrons. The molecule has 1 aromatic carbocycles. The van der Waals surface area contributed by atoms with E-state index < -0.39 is 0 Å². The van der Waals surface area contributed by atoms with Gasteiger partial charge in [-0.3, -0.25) is 9.47 Å². The van der Waals surface area contributed by atoms with Gasteiger partial charge in [-0.05, 0) is 61.1 Å². The van der Waals surface area contributed by atoms with Crippen molar-refractivity contribution >= 4 is 35.2 Å². The molecule has 0 bridgehead atoms. The van der Waals surface area contributed by atoms with Gasteiger partial charge in [0.15, 0.2) is 10.6 Å². The minimum Gasteiger partial charge on any atom is -0.385 e. The van der Waals surface area contributed by atoms with Gasteiger partial charge in [0, 0.05) is 43.3 Å². The van der Waals surface area contributed by atoms with Crippen LogP contribution in [0.2, 0.25) is 5.02 Å². The van der Waals surface area contributed by atoms with Gasteiger partial charge in [0.25, 0.3) is 0 Å². The lowest BCUT2D eigenvalue weighted by Gasteiger charge is -2.33. The van der Waals surface area contributed by atoms with Crippen LogP contribution in [0.1, 0.15) is 29.8 Å². The highest BCUT2D eigenvalue weighted by Crippen LogP contribution is 2.33. The zero-order valence-corrected chi connectivity index (χ0v) is 19.1. The molecule has 4 rings (SSSR count). The Hall–Kier alpha value is -1.51. The molecule has 0 saturated heterocycles. The highest BCUT2D eigenvalue weighted by molar-refractivity contribution is 7.71. The number of aromatic nitrogens is 3. The number of fused-ring (bicyclic) bond motifs is 1. The Morgan fingerprint density at radius 3 is 2.93 bits per heavy atom. The first kappa shape index (κ1) is 20.8. The Kier molecular flexibility index (Phi) is 6.51. The Bertz CT molecular complexity index is 1040. The molecule has 0 amide bonds. The molecule has 0 aliphatic carbocycles. The van der Waals surface area contributed by atoms with Crippen LogP contribution in [-0.2, 0) is 24.4 Å². The summed E-state index contributed by atoms with van der Waals surface area (Å²) in [4.78, 5) is 3.94. The SMILES string of the molecule is COCCCn1c(-c2ccccc2Cl)nn(CN2CCc3sccc3C2C)c1=S. The van der Waals surface area contributed by atoms with Crippen LogP contribution in [-0.4, -0.2) is 39.5 Å². The van der Waals surface area contributed by atoms with Crippen LogP contribution >= 0.6 is 35.2 Å². The number of methoxy groups -OCH3 is 1. The molecule has 3 heterocycles. The first-order chi connectivity index (χ1) is 14.1. The Labute approximate surface area is 185 Å². The van der Waals surface area contributed by atoms with Gasteiger partial charge < -0.3 is 4.74 Å². The van der Waals surface area contributed by atoms with E-state index in [9.17, 15) is 0 Å². The molecule has 1 atom stereocenters. The molecule has 2 aromatic heterocycles. The van der Waals surface area contributed by atoms with E-state index in [1.54, 1.807) is 7.11 Å². The maximum Gasteiger partial charge on any atom is 0.199 e. The maximum absolute atomic E-state index is 6.48. The molecule has 154 valence electrons. The van der Waals surface area contributed by atoms with E-state index in [1.807, 2.05) is 40.3 Å². The second kappa shape index (κ2) is 9.10. The largest absolute Gasteiger partial charge is 0.385 e. The topological polar surface area (TPSA) is 35.2 Å². The lowest BCUT2D eigenvalue weighted by atomic mass is 10.0. The Balaban J connectivity index is 1.66. The van der Waals surface area contributed by atoms with Gasteiger partial charge in [-0.15, -0.1) is 11.3 Å². The van der Waals surface area contributed by atoms with Crippen molar-refractivity contribution in [3.05, 3.63) is 55.9 Å². The van der Waals surface area contributed by atoms with E-state index in [1.165, 1.54) is 10.4 Å². The third kappa shape index (κ3) is 4.20. The van der Waals surface area contributed by atoms with E-state index in [0.29, 0.717) is 24.3 Å². The molecule has 8 heteroatoms. The summed E-state index contributed by atoms with van der Waals surface area (Å²) >= 11 is 14.2. The molecule has 0 fully saturated rings. The minimum absolute atomic E-state index is 0.356. The maximum atomic E-state index is 6.48. The number of hydrogen-bond acceptors (Lipinski definition) is 5. The minimum atomic E-state index is 0.356. The normalized spacial score (nSPS) is 16.9. The molecule has 1 aliphatic rings. The van der Waals surface area contributed by atoms with Crippen LogP contribution in [0.3, 0.4) is 0 Å². The standard InChI is InChI=1S/C21H25ClN4OS2/c1-15-16-9-13-29-19(16)8-11-24(15)14-26-21(28)25(10-5-12-27-2)20(23-26)17-6-3-4-7-18(17)22/h3-4,6-7,9,13,15H,5,8,10-12,14H2,1-2H3. The van der Waals surface area contributed by atoms with Crippen LogP contribution in [0.5, 0.6) is 0 Å². The van der Waals surface area contributed by atoms with Crippen molar-refractivity contribution in [1.29, 1.82) is 0 Å². The molecular weight excluding hydrogens is 424 g/mol. The van der Waals surface area contributed by atoms with Crippen molar-refractivity contribution in [1.82, 2.24) is 19.2 Å². The fourth-order valence-corrected chi connectivity index (χ4v) is 5.33. The van der Waals surface area contributed by atoms with Crippen LogP contribution in [0.4, 0.5) is 0 Å². The second-order valence-corrected chi connectivity index (χ2v) is 9.04. The second-order valence-electron chi connectivity index (χ2n) is 7.26. The van der Waals surface area contributed by atoms with E-state index in [4.69, 9.17) is 33.7 Å². The molecule has 5 nitrogen and oxygen atoms in total. The first-order valence-electron chi connectivity index (χ1n) is 9.82. The van der Waals surface area contributed by atoms with Gasteiger partial charge in [0.1, 0.15) is 0 Å². The Morgan fingerprint density at radius 1 is 1.31 bits per heavy atom.